The zero-order chi connectivity index (χ0) is 33.3. The van der Waals surface area contributed by atoms with Gasteiger partial charge in [-0.25, -0.2) is 0 Å². The number of aliphatic hydroxyl groups is 1. The molecule has 4 aromatic carbocycles. The predicted octanol–water partition coefficient (Wildman–Crippen LogP) is 6.93. The molecule has 47 heavy (non-hydrogen) atoms. The molecule has 0 aromatic heterocycles. The van der Waals surface area contributed by atoms with Crippen LogP contribution in [0.25, 0.3) is 5.76 Å². The number of ether oxygens (including phenoxy) is 3. The number of hydrogen-bond donors (Lipinski definition) is 1. The van der Waals surface area contributed by atoms with Crippen molar-refractivity contribution in [3.63, 3.8) is 0 Å². The van der Waals surface area contributed by atoms with Gasteiger partial charge in [0, 0.05) is 18.7 Å². The highest BCUT2D eigenvalue weighted by atomic mass is 16.5. The summed E-state index contributed by atoms with van der Waals surface area (Å²) in [6.45, 7) is 9.42. The van der Waals surface area contributed by atoms with Crippen LogP contribution in [0, 0.1) is 6.92 Å². The van der Waals surface area contributed by atoms with Crippen molar-refractivity contribution < 1.29 is 28.9 Å². The summed E-state index contributed by atoms with van der Waals surface area (Å²) < 4.78 is 17.7. The van der Waals surface area contributed by atoms with Gasteiger partial charge in [0.2, 0.25) is 0 Å². The average Bonchev–Trinajstić information content (AvgIpc) is 3.35. The maximum atomic E-state index is 13.6. The van der Waals surface area contributed by atoms with Crippen molar-refractivity contribution in [2.75, 3.05) is 33.3 Å². The summed E-state index contributed by atoms with van der Waals surface area (Å²) in [5, 5.41) is 11.6. The van der Waals surface area contributed by atoms with E-state index in [0.717, 1.165) is 29.8 Å². The van der Waals surface area contributed by atoms with Gasteiger partial charge in [-0.05, 0) is 73.1 Å². The maximum Gasteiger partial charge on any atom is 0.295 e. The number of benzene rings is 4. The van der Waals surface area contributed by atoms with E-state index < -0.39 is 17.7 Å². The van der Waals surface area contributed by atoms with E-state index in [1.54, 1.807) is 48.4 Å². The highest BCUT2D eigenvalue weighted by Crippen LogP contribution is 2.42. The van der Waals surface area contributed by atoms with Crippen molar-refractivity contribution in [1.82, 2.24) is 9.80 Å². The minimum atomic E-state index is -0.820. The normalized spacial score (nSPS) is 15.7. The molecule has 1 atom stereocenters. The van der Waals surface area contributed by atoms with Crippen LogP contribution in [0.3, 0.4) is 0 Å². The van der Waals surface area contributed by atoms with E-state index in [1.807, 2.05) is 61.5 Å². The van der Waals surface area contributed by atoms with Gasteiger partial charge < -0.3 is 29.1 Å². The standard InChI is InChI=1S/C39H42N2O6/c1-5-40(6-2)21-22-41-36(31-17-20-33(34(24-31)45-4)47-25-28-12-8-7-9-13-28)35(38(43)39(41)44)37(42)30-15-18-32(19-16-30)46-26-29-14-10-11-27(3)23-29/h7-20,23-24,36,42H,5-6,21-22,25-26H2,1-4H3. The Morgan fingerprint density at radius 2 is 1.51 bits per heavy atom. The maximum absolute atomic E-state index is 13.6. The number of likely N-dealkylation sites (tertiary alicyclic amines) is 1. The second kappa shape index (κ2) is 15.5. The zero-order valence-corrected chi connectivity index (χ0v) is 27.4. The molecule has 8 heteroatoms. The van der Waals surface area contributed by atoms with Gasteiger partial charge >= 0.3 is 0 Å². The molecule has 244 valence electrons. The minimum Gasteiger partial charge on any atom is -0.507 e. The highest BCUT2D eigenvalue weighted by molar-refractivity contribution is 6.46. The van der Waals surface area contributed by atoms with Crippen molar-refractivity contribution in [3.8, 4) is 17.2 Å². The monoisotopic (exact) mass is 634 g/mol. The molecular weight excluding hydrogens is 592 g/mol. The van der Waals surface area contributed by atoms with Crippen LogP contribution in [-0.4, -0.2) is 59.9 Å². The summed E-state index contributed by atoms with van der Waals surface area (Å²) >= 11 is 0. The van der Waals surface area contributed by atoms with Crippen LogP contribution >= 0.6 is 0 Å². The van der Waals surface area contributed by atoms with E-state index in [0.29, 0.717) is 54.7 Å². The van der Waals surface area contributed by atoms with Crippen LogP contribution in [0.2, 0.25) is 0 Å². The quantitative estimate of drug-likeness (QED) is 0.0915. The Kier molecular flexibility index (Phi) is 11.0. The summed E-state index contributed by atoms with van der Waals surface area (Å²) in [6.07, 6.45) is 0. The fraction of sp³-hybridized carbons (Fsp3) is 0.282. The Labute approximate surface area is 276 Å². The molecule has 1 amide bonds. The Hall–Kier alpha value is -5.08. The summed E-state index contributed by atoms with van der Waals surface area (Å²) in [6, 6.07) is 29.3. The lowest BCUT2D eigenvalue weighted by Gasteiger charge is -2.28. The van der Waals surface area contributed by atoms with Crippen LogP contribution in [0.15, 0.2) is 103 Å². The first-order valence-corrected chi connectivity index (χ1v) is 16.0. The SMILES string of the molecule is CCN(CC)CCN1C(=O)C(=O)C(=C(O)c2ccc(OCc3cccc(C)c3)cc2)C1c1ccc(OCc2ccccc2)c(OC)c1. The lowest BCUT2D eigenvalue weighted by Crippen LogP contribution is -2.38. The third kappa shape index (κ3) is 7.84. The average molecular weight is 635 g/mol. The minimum absolute atomic E-state index is 0.0305. The highest BCUT2D eigenvalue weighted by Gasteiger charge is 2.46. The third-order valence-corrected chi connectivity index (χ3v) is 8.45. The van der Waals surface area contributed by atoms with Crippen molar-refractivity contribution in [2.24, 2.45) is 0 Å². The number of likely N-dealkylation sites (N-methyl/N-ethyl adjacent to an activating group) is 1. The van der Waals surface area contributed by atoms with Crippen molar-refractivity contribution >= 4 is 17.4 Å². The van der Waals surface area contributed by atoms with Crippen molar-refractivity contribution in [1.29, 1.82) is 0 Å². The number of carbonyl (C=O) groups is 2. The van der Waals surface area contributed by atoms with Gasteiger partial charge in [0.25, 0.3) is 11.7 Å². The van der Waals surface area contributed by atoms with E-state index in [2.05, 4.69) is 24.8 Å². The molecule has 1 unspecified atom stereocenters. The molecule has 1 N–H and O–H groups in total. The molecule has 1 aliphatic heterocycles. The molecule has 0 radical (unpaired) electrons. The first-order valence-electron chi connectivity index (χ1n) is 16.0. The van der Waals surface area contributed by atoms with Gasteiger partial charge in [0.05, 0.1) is 18.7 Å². The number of hydrogen-bond acceptors (Lipinski definition) is 7. The van der Waals surface area contributed by atoms with E-state index in [9.17, 15) is 14.7 Å². The fourth-order valence-corrected chi connectivity index (χ4v) is 5.79. The van der Waals surface area contributed by atoms with Gasteiger partial charge in [-0.3, -0.25) is 9.59 Å². The zero-order valence-electron chi connectivity index (χ0n) is 27.4. The summed E-state index contributed by atoms with van der Waals surface area (Å²) in [4.78, 5) is 30.9. The van der Waals surface area contributed by atoms with Crippen LogP contribution in [0.1, 0.15) is 47.7 Å². The number of carbonyl (C=O) groups excluding carboxylic acids is 2. The van der Waals surface area contributed by atoms with Crippen LogP contribution in [0.5, 0.6) is 17.2 Å². The largest absolute Gasteiger partial charge is 0.507 e. The van der Waals surface area contributed by atoms with E-state index in [4.69, 9.17) is 14.2 Å². The second-order valence-electron chi connectivity index (χ2n) is 11.5. The number of Topliss-reactive ketones (excluding diaryl/α,β-unsaturated/α-hetero) is 1. The molecule has 0 bridgehead atoms. The van der Waals surface area contributed by atoms with Crippen LogP contribution in [0.4, 0.5) is 0 Å². The fourth-order valence-electron chi connectivity index (χ4n) is 5.79. The smallest absolute Gasteiger partial charge is 0.295 e. The first-order chi connectivity index (χ1) is 22.8. The predicted molar refractivity (Wildman–Crippen MR) is 183 cm³/mol. The Bertz CT molecular complexity index is 1710. The van der Waals surface area contributed by atoms with E-state index >= 15 is 0 Å². The summed E-state index contributed by atoms with van der Waals surface area (Å²) in [7, 11) is 1.55. The van der Waals surface area contributed by atoms with E-state index in [-0.39, 0.29) is 11.3 Å². The van der Waals surface area contributed by atoms with Crippen LogP contribution in [-0.2, 0) is 22.8 Å². The van der Waals surface area contributed by atoms with Gasteiger partial charge in [-0.1, -0.05) is 80.1 Å². The molecule has 0 spiro atoms. The number of ketones is 1. The van der Waals surface area contributed by atoms with Crippen LogP contribution < -0.4 is 14.2 Å². The second-order valence-corrected chi connectivity index (χ2v) is 11.5. The van der Waals surface area contributed by atoms with E-state index in [1.165, 1.54) is 0 Å². The topological polar surface area (TPSA) is 88.5 Å². The molecule has 1 fully saturated rings. The van der Waals surface area contributed by atoms with Gasteiger partial charge in [-0.2, -0.15) is 0 Å². The molecule has 1 saturated heterocycles. The summed E-state index contributed by atoms with van der Waals surface area (Å²) in [5.41, 5.74) is 4.29. The van der Waals surface area contributed by atoms with Gasteiger partial charge in [0.1, 0.15) is 24.7 Å². The molecule has 0 saturated carbocycles. The lowest BCUT2D eigenvalue weighted by atomic mass is 9.95. The van der Waals surface area contributed by atoms with Gasteiger partial charge in [0.15, 0.2) is 11.5 Å². The molecule has 5 rings (SSSR count). The van der Waals surface area contributed by atoms with Gasteiger partial charge in [-0.15, -0.1) is 0 Å². The third-order valence-electron chi connectivity index (χ3n) is 8.45. The molecule has 0 aliphatic carbocycles. The molecule has 8 nitrogen and oxygen atoms in total. The number of methoxy groups -OCH3 is 1. The Morgan fingerprint density at radius 1 is 0.809 bits per heavy atom. The lowest BCUT2D eigenvalue weighted by molar-refractivity contribution is -0.140. The Morgan fingerprint density at radius 3 is 2.19 bits per heavy atom. The number of aliphatic hydroxyl groups excluding tert-OH is 1. The van der Waals surface area contributed by atoms with Crippen molar-refractivity contribution in [2.45, 2.75) is 40.0 Å². The summed E-state index contributed by atoms with van der Waals surface area (Å²) in [5.74, 6) is -0.00731. The molecular formula is C39H42N2O6. The number of nitrogens with zero attached hydrogens (tertiary/aromatic N) is 2. The molecule has 1 aliphatic rings. The van der Waals surface area contributed by atoms with Crippen molar-refractivity contribution in [3.05, 3.63) is 130 Å². The molecule has 1 heterocycles. The Balaban J connectivity index is 1.46. The number of rotatable bonds is 14. The number of amides is 1. The molecule has 4 aromatic rings. The first kappa shape index (κ1) is 33.3. The number of aryl methyl sites for hydroxylation is 1.